The number of hydrogen-bond acceptors (Lipinski definition) is 2. The van der Waals surface area contributed by atoms with Crippen LogP contribution in [0.25, 0.3) is 10.9 Å². The monoisotopic (exact) mass is 424 g/mol. The first kappa shape index (κ1) is 20.3. The van der Waals surface area contributed by atoms with Gasteiger partial charge in [-0.3, -0.25) is 0 Å². The van der Waals surface area contributed by atoms with E-state index in [9.17, 15) is 0 Å². The molecule has 0 bridgehead atoms. The van der Waals surface area contributed by atoms with Crippen molar-refractivity contribution in [1.82, 2.24) is 10.3 Å². The van der Waals surface area contributed by atoms with Crippen LogP contribution in [0.15, 0.2) is 36.4 Å². The average molecular weight is 426 g/mol. The van der Waals surface area contributed by atoms with Crippen LogP contribution in [0.5, 0.6) is 5.75 Å². The van der Waals surface area contributed by atoms with Crippen molar-refractivity contribution in [2.45, 2.75) is 25.7 Å². The molecule has 0 spiro atoms. The van der Waals surface area contributed by atoms with E-state index in [2.05, 4.69) is 28.5 Å². The minimum Gasteiger partial charge on any atom is -0.492 e. The van der Waals surface area contributed by atoms with E-state index in [1.165, 1.54) is 27.7 Å². The van der Waals surface area contributed by atoms with Crippen LogP contribution in [0.1, 0.15) is 23.2 Å². The van der Waals surface area contributed by atoms with Crippen LogP contribution < -0.4 is 10.1 Å². The van der Waals surface area contributed by atoms with Gasteiger partial charge in [0.15, 0.2) is 0 Å². The summed E-state index contributed by atoms with van der Waals surface area (Å²) in [6.45, 7) is 2.73. The maximum Gasteiger partial charge on any atom is 0.137 e. The largest absolute Gasteiger partial charge is 0.492 e. The van der Waals surface area contributed by atoms with E-state index in [1.807, 2.05) is 6.07 Å². The minimum atomic E-state index is 0. The topological polar surface area (TPSA) is 37.0 Å². The highest BCUT2D eigenvalue weighted by Gasteiger charge is 2.16. The zero-order chi connectivity index (χ0) is 17.9. The Balaban J connectivity index is 0.00000210. The van der Waals surface area contributed by atoms with E-state index in [1.54, 1.807) is 12.1 Å². The predicted octanol–water partition coefficient (Wildman–Crippen LogP) is 5.60. The standard InChI is InChI=1S/C21H22Cl2N2O.ClH/c22-15-6-7-20(17(23)13-15)26-12-2-4-14-3-1-5-19-21(14)16-8-10-24-11-9-18(16)25-19;/h1,3,5-7,13,24-25H,2,4,8-12H2;1H. The molecule has 1 aromatic heterocycles. The Morgan fingerprint density at radius 3 is 2.74 bits per heavy atom. The van der Waals surface area contributed by atoms with Gasteiger partial charge in [-0.1, -0.05) is 35.3 Å². The Hall–Kier alpha value is -1.39. The van der Waals surface area contributed by atoms with Crippen LogP contribution in [0.4, 0.5) is 0 Å². The normalized spacial score (nSPS) is 13.7. The van der Waals surface area contributed by atoms with Gasteiger partial charge in [-0.25, -0.2) is 0 Å². The van der Waals surface area contributed by atoms with Crippen molar-refractivity contribution in [3.05, 3.63) is 63.3 Å². The lowest BCUT2D eigenvalue weighted by atomic mass is 9.99. The molecule has 3 aromatic rings. The summed E-state index contributed by atoms with van der Waals surface area (Å²) in [6, 6.07) is 11.9. The third-order valence-electron chi connectivity index (χ3n) is 4.95. The molecule has 1 aliphatic heterocycles. The fourth-order valence-electron chi connectivity index (χ4n) is 3.74. The molecule has 144 valence electrons. The molecule has 2 N–H and O–H groups in total. The number of nitrogens with one attached hydrogen (secondary N) is 2. The zero-order valence-electron chi connectivity index (χ0n) is 15.0. The molecule has 0 atom stereocenters. The summed E-state index contributed by atoms with van der Waals surface area (Å²) in [4.78, 5) is 3.62. The summed E-state index contributed by atoms with van der Waals surface area (Å²) >= 11 is 12.1. The van der Waals surface area contributed by atoms with Gasteiger partial charge in [-0.2, -0.15) is 0 Å². The number of ether oxygens (including phenoxy) is 1. The molecule has 0 radical (unpaired) electrons. The van der Waals surface area contributed by atoms with Gasteiger partial charge < -0.3 is 15.0 Å². The Labute approximate surface area is 175 Å². The third kappa shape index (κ3) is 4.55. The Morgan fingerprint density at radius 1 is 1.04 bits per heavy atom. The molecule has 3 nitrogen and oxygen atoms in total. The molecule has 4 rings (SSSR count). The molecule has 0 saturated heterocycles. The van der Waals surface area contributed by atoms with Crippen LogP contribution in [0, 0.1) is 0 Å². The molecule has 0 saturated carbocycles. The number of hydrogen-bond donors (Lipinski definition) is 2. The highest BCUT2D eigenvalue weighted by Crippen LogP contribution is 2.30. The van der Waals surface area contributed by atoms with Crippen LogP contribution in [-0.4, -0.2) is 24.7 Å². The number of halogens is 3. The molecule has 1 aliphatic rings. The Bertz CT molecular complexity index is 923. The SMILES string of the molecule is Cl.Clc1ccc(OCCCc2cccc3[nH]c4c(c23)CCNCC4)c(Cl)c1. The molecule has 2 aromatic carbocycles. The maximum absolute atomic E-state index is 6.16. The van der Waals surface area contributed by atoms with Crippen LogP contribution in [-0.2, 0) is 19.3 Å². The van der Waals surface area contributed by atoms with Crippen molar-refractivity contribution in [3.8, 4) is 5.75 Å². The first-order valence-electron chi connectivity index (χ1n) is 9.12. The number of rotatable bonds is 5. The van der Waals surface area contributed by atoms with Crippen LogP contribution >= 0.6 is 35.6 Å². The van der Waals surface area contributed by atoms with Gasteiger partial charge in [-0.15, -0.1) is 12.4 Å². The average Bonchev–Trinajstić information content (AvgIpc) is 2.82. The summed E-state index contributed by atoms with van der Waals surface area (Å²) in [5, 5.41) is 6.08. The smallest absolute Gasteiger partial charge is 0.137 e. The second-order valence-corrected chi connectivity index (χ2v) is 7.54. The zero-order valence-corrected chi connectivity index (χ0v) is 17.3. The quantitative estimate of drug-likeness (QED) is 0.522. The molecular weight excluding hydrogens is 403 g/mol. The second kappa shape index (κ2) is 9.20. The maximum atomic E-state index is 6.16. The minimum absolute atomic E-state index is 0. The molecule has 27 heavy (non-hydrogen) atoms. The lowest BCUT2D eigenvalue weighted by molar-refractivity contribution is 0.311. The number of aromatic nitrogens is 1. The van der Waals surface area contributed by atoms with Gasteiger partial charge in [0.1, 0.15) is 5.75 Å². The fraction of sp³-hybridized carbons (Fsp3) is 0.333. The van der Waals surface area contributed by atoms with Crippen molar-refractivity contribution in [3.63, 3.8) is 0 Å². The van der Waals surface area contributed by atoms with Gasteiger partial charge in [0.25, 0.3) is 0 Å². The number of fused-ring (bicyclic) bond motifs is 3. The van der Waals surface area contributed by atoms with E-state index >= 15 is 0 Å². The lowest BCUT2D eigenvalue weighted by Crippen LogP contribution is -2.16. The molecule has 0 aliphatic carbocycles. The molecule has 0 fully saturated rings. The van der Waals surface area contributed by atoms with E-state index in [0.29, 0.717) is 22.4 Å². The van der Waals surface area contributed by atoms with Crippen LogP contribution in [0.3, 0.4) is 0 Å². The molecule has 6 heteroatoms. The van der Waals surface area contributed by atoms with Crippen molar-refractivity contribution < 1.29 is 4.74 Å². The molecule has 0 unspecified atom stereocenters. The van der Waals surface area contributed by atoms with Crippen molar-refractivity contribution in [2.24, 2.45) is 0 Å². The summed E-state index contributed by atoms with van der Waals surface area (Å²) in [6.07, 6.45) is 4.08. The number of H-pyrrole nitrogens is 1. The van der Waals surface area contributed by atoms with Gasteiger partial charge in [0.05, 0.1) is 11.6 Å². The number of aromatic amines is 1. The van der Waals surface area contributed by atoms with E-state index in [0.717, 1.165) is 38.8 Å². The van der Waals surface area contributed by atoms with Crippen molar-refractivity contribution in [1.29, 1.82) is 0 Å². The molecular formula is C21H23Cl3N2O. The molecule has 0 amide bonds. The Kier molecular flexibility index (Phi) is 6.93. The van der Waals surface area contributed by atoms with Gasteiger partial charge in [-0.05, 0) is 61.2 Å². The highest BCUT2D eigenvalue weighted by molar-refractivity contribution is 6.35. The van der Waals surface area contributed by atoms with Gasteiger partial charge in [0.2, 0.25) is 0 Å². The van der Waals surface area contributed by atoms with Crippen molar-refractivity contribution in [2.75, 3.05) is 19.7 Å². The lowest BCUT2D eigenvalue weighted by Gasteiger charge is -2.09. The van der Waals surface area contributed by atoms with Crippen molar-refractivity contribution >= 4 is 46.5 Å². The number of benzene rings is 2. The van der Waals surface area contributed by atoms with E-state index in [-0.39, 0.29) is 12.4 Å². The second-order valence-electron chi connectivity index (χ2n) is 6.70. The third-order valence-corrected chi connectivity index (χ3v) is 5.48. The Morgan fingerprint density at radius 2 is 1.89 bits per heavy atom. The van der Waals surface area contributed by atoms with Gasteiger partial charge in [0, 0.05) is 34.6 Å². The first-order chi connectivity index (χ1) is 12.7. The predicted molar refractivity (Wildman–Crippen MR) is 116 cm³/mol. The van der Waals surface area contributed by atoms with Crippen LogP contribution in [0.2, 0.25) is 10.0 Å². The fourth-order valence-corrected chi connectivity index (χ4v) is 4.20. The summed E-state index contributed by atoms with van der Waals surface area (Å²) in [7, 11) is 0. The molecule has 2 heterocycles. The number of aryl methyl sites for hydroxylation is 1. The highest BCUT2D eigenvalue weighted by atomic mass is 35.5. The van der Waals surface area contributed by atoms with E-state index < -0.39 is 0 Å². The van der Waals surface area contributed by atoms with Gasteiger partial charge >= 0.3 is 0 Å². The first-order valence-corrected chi connectivity index (χ1v) is 9.88. The summed E-state index contributed by atoms with van der Waals surface area (Å²) in [5.74, 6) is 0.691. The summed E-state index contributed by atoms with van der Waals surface area (Å²) in [5.41, 5.74) is 5.53. The van der Waals surface area contributed by atoms with E-state index in [4.69, 9.17) is 27.9 Å². The summed E-state index contributed by atoms with van der Waals surface area (Å²) < 4.78 is 5.83.